The van der Waals surface area contributed by atoms with Gasteiger partial charge in [0, 0.05) is 37.8 Å². The summed E-state index contributed by atoms with van der Waals surface area (Å²) in [4.78, 5) is 2.15. The smallest absolute Gasteiger partial charge is 0.149 e. The van der Waals surface area contributed by atoms with Crippen LogP contribution in [0.25, 0.3) is 0 Å². The van der Waals surface area contributed by atoms with Crippen LogP contribution in [0.1, 0.15) is 31.9 Å². The highest BCUT2D eigenvalue weighted by atomic mass is 35.5. The maximum atomic E-state index is 14.3. The highest BCUT2D eigenvalue weighted by molar-refractivity contribution is 6.30. The minimum absolute atomic E-state index is 0. The highest BCUT2D eigenvalue weighted by Crippen LogP contribution is 2.34. The number of nitrogens with one attached hydrogen (secondary N) is 1. The fraction of sp³-hybridized carbons (Fsp3) is 0.600. The first kappa shape index (κ1) is 21.9. The fourth-order valence-electron chi connectivity index (χ4n) is 2.74. The minimum atomic E-state index is -0.615. The molecule has 0 bridgehead atoms. The summed E-state index contributed by atoms with van der Waals surface area (Å²) >= 11 is 5.83. The van der Waals surface area contributed by atoms with Crippen LogP contribution in [0.15, 0.2) is 12.1 Å². The molecule has 22 heavy (non-hydrogen) atoms. The molecule has 0 unspecified atom stereocenters. The Bertz CT molecular complexity index is 466. The lowest BCUT2D eigenvalue weighted by Crippen LogP contribution is -2.45. The van der Waals surface area contributed by atoms with Crippen molar-refractivity contribution in [1.29, 1.82) is 0 Å². The van der Waals surface area contributed by atoms with E-state index in [2.05, 4.69) is 24.1 Å². The van der Waals surface area contributed by atoms with Crippen LogP contribution in [0.2, 0.25) is 5.02 Å². The molecule has 1 N–H and O–H groups in total. The van der Waals surface area contributed by atoms with E-state index in [0.29, 0.717) is 12.3 Å². The number of piperazine rings is 1. The van der Waals surface area contributed by atoms with Crippen LogP contribution in [0, 0.1) is 17.6 Å². The summed E-state index contributed by atoms with van der Waals surface area (Å²) in [6.07, 6.45) is 0.716. The Kier molecular flexibility index (Phi) is 9.83. The van der Waals surface area contributed by atoms with Crippen molar-refractivity contribution in [2.45, 2.75) is 26.3 Å². The van der Waals surface area contributed by atoms with Crippen LogP contribution in [0.4, 0.5) is 8.78 Å². The molecule has 0 spiro atoms. The van der Waals surface area contributed by atoms with Gasteiger partial charge in [0.1, 0.15) is 11.6 Å². The molecule has 0 radical (unpaired) electrons. The van der Waals surface area contributed by atoms with Crippen LogP contribution >= 0.6 is 36.4 Å². The molecule has 1 aromatic carbocycles. The van der Waals surface area contributed by atoms with Crippen LogP contribution in [-0.2, 0) is 0 Å². The molecule has 0 aliphatic carbocycles. The van der Waals surface area contributed by atoms with Gasteiger partial charge in [-0.3, -0.25) is 4.90 Å². The van der Waals surface area contributed by atoms with E-state index in [-0.39, 0.29) is 41.4 Å². The number of benzene rings is 1. The first-order chi connectivity index (χ1) is 9.50. The Labute approximate surface area is 148 Å². The average Bonchev–Trinajstić information content (AvgIpc) is 2.43. The molecular weight excluding hydrogens is 353 g/mol. The summed E-state index contributed by atoms with van der Waals surface area (Å²) in [7, 11) is 0. The fourth-order valence-corrected chi connectivity index (χ4v) is 2.90. The first-order valence-electron chi connectivity index (χ1n) is 7.09. The van der Waals surface area contributed by atoms with Crippen LogP contribution in [-0.4, -0.2) is 31.1 Å². The zero-order valence-electron chi connectivity index (χ0n) is 12.7. The van der Waals surface area contributed by atoms with Gasteiger partial charge in [-0.1, -0.05) is 25.4 Å². The molecule has 1 fully saturated rings. The molecule has 0 amide bonds. The molecule has 128 valence electrons. The third-order valence-corrected chi connectivity index (χ3v) is 3.99. The third kappa shape index (κ3) is 5.20. The molecule has 2 nitrogen and oxygen atoms in total. The van der Waals surface area contributed by atoms with Gasteiger partial charge in [0.05, 0.1) is 5.02 Å². The van der Waals surface area contributed by atoms with Gasteiger partial charge in [-0.05, 0) is 24.5 Å². The molecular formula is C15H23Cl3F2N2. The van der Waals surface area contributed by atoms with Crippen molar-refractivity contribution in [3.05, 3.63) is 34.4 Å². The minimum Gasteiger partial charge on any atom is -0.314 e. The lowest BCUT2D eigenvalue weighted by Gasteiger charge is -2.36. The SMILES string of the molecule is CC(C)C[C@H](c1c(F)ccc(Cl)c1F)N1CCNCC1.Cl.Cl. The lowest BCUT2D eigenvalue weighted by molar-refractivity contribution is 0.147. The molecule has 7 heteroatoms. The average molecular weight is 376 g/mol. The molecule has 1 aliphatic heterocycles. The molecule has 0 saturated carbocycles. The molecule has 0 aromatic heterocycles. The largest absolute Gasteiger partial charge is 0.314 e. The van der Waals surface area contributed by atoms with Gasteiger partial charge in [-0.25, -0.2) is 8.78 Å². The molecule has 1 atom stereocenters. The Morgan fingerprint density at radius 1 is 1.18 bits per heavy atom. The van der Waals surface area contributed by atoms with E-state index in [1.54, 1.807) is 0 Å². The van der Waals surface area contributed by atoms with E-state index in [1.807, 2.05) is 0 Å². The van der Waals surface area contributed by atoms with Crippen molar-refractivity contribution in [1.82, 2.24) is 10.2 Å². The predicted octanol–water partition coefficient (Wildman–Crippen LogP) is 4.45. The number of rotatable bonds is 4. The first-order valence-corrected chi connectivity index (χ1v) is 7.46. The van der Waals surface area contributed by atoms with Gasteiger partial charge in [-0.2, -0.15) is 0 Å². The molecule has 1 heterocycles. The van der Waals surface area contributed by atoms with Gasteiger partial charge >= 0.3 is 0 Å². The summed E-state index contributed by atoms with van der Waals surface area (Å²) in [5.41, 5.74) is 0.119. The second kappa shape index (κ2) is 9.89. The Morgan fingerprint density at radius 2 is 1.77 bits per heavy atom. The van der Waals surface area contributed by atoms with Crippen molar-refractivity contribution in [2.75, 3.05) is 26.2 Å². The van der Waals surface area contributed by atoms with E-state index >= 15 is 0 Å². The van der Waals surface area contributed by atoms with E-state index < -0.39 is 11.6 Å². The van der Waals surface area contributed by atoms with Crippen LogP contribution in [0.5, 0.6) is 0 Å². The zero-order chi connectivity index (χ0) is 14.7. The predicted molar refractivity (Wildman–Crippen MR) is 92.5 cm³/mol. The van der Waals surface area contributed by atoms with Crippen molar-refractivity contribution >= 4 is 36.4 Å². The Balaban J connectivity index is 0.00000220. The summed E-state index contributed by atoms with van der Waals surface area (Å²) in [5, 5.41) is 3.25. The normalized spacial score (nSPS) is 16.8. The topological polar surface area (TPSA) is 15.3 Å². The van der Waals surface area contributed by atoms with E-state index in [9.17, 15) is 8.78 Å². The van der Waals surface area contributed by atoms with E-state index in [1.165, 1.54) is 12.1 Å². The number of hydrogen-bond acceptors (Lipinski definition) is 2. The van der Waals surface area contributed by atoms with Crippen molar-refractivity contribution in [3.8, 4) is 0 Å². The van der Waals surface area contributed by atoms with Crippen molar-refractivity contribution in [3.63, 3.8) is 0 Å². The monoisotopic (exact) mass is 374 g/mol. The van der Waals surface area contributed by atoms with Gasteiger partial charge < -0.3 is 5.32 Å². The number of nitrogens with zero attached hydrogens (tertiary/aromatic N) is 1. The van der Waals surface area contributed by atoms with Crippen molar-refractivity contribution in [2.24, 2.45) is 5.92 Å². The van der Waals surface area contributed by atoms with Gasteiger partial charge in [0.25, 0.3) is 0 Å². The van der Waals surface area contributed by atoms with Crippen LogP contribution in [0.3, 0.4) is 0 Å². The third-order valence-electron chi connectivity index (χ3n) is 3.70. The number of hydrogen-bond donors (Lipinski definition) is 1. The summed E-state index contributed by atoms with van der Waals surface area (Å²) < 4.78 is 28.4. The van der Waals surface area contributed by atoms with Gasteiger partial charge in [0.15, 0.2) is 0 Å². The molecule has 1 aliphatic rings. The van der Waals surface area contributed by atoms with E-state index in [0.717, 1.165) is 26.2 Å². The highest BCUT2D eigenvalue weighted by Gasteiger charge is 2.29. The number of halogens is 5. The maximum absolute atomic E-state index is 14.3. The van der Waals surface area contributed by atoms with E-state index in [4.69, 9.17) is 11.6 Å². The Morgan fingerprint density at radius 3 is 2.32 bits per heavy atom. The summed E-state index contributed by atoms with van der Waals surface area (Å²) in [6, 6.07) is 2.28. The van der Waals surface area contributed by atoms with Crippen molar-refractivity contribution < 1.29 is 8.78 Å². The summed E-state index contributed by atoms with van der Waals surface area (Å²) in [5.74, 6) is -0.764. The second-order valence-corrected chi connectivity index (χ2v) is 6.10. The molecule has 2 rings (SSSR count). The zero-order valence-corrected chi connectivity index (χ0v) is 15.1. The van der Waals surface area contributed by atoms with Crippen LogP contribution < -0.4 is 5.32 Å². The standard InChI is InChI=1S/C15H21ClF2N2.2ClH/c1-10(2)9-13(20-7-5-19-6-8-20)14-12(17)4-3-11(16)15(14)18;;/h3-4,10,13,19H,5-9H2,1-2H3;2*1H/t13-;;/m1../s1. The Hall–Kier alpha value is -0.130. The quantitative estimate of drug-likeness (QED) is 0.782. The second-order valence-electron chi connectivity index (χ2n) is 5.69. The molecule has 1 saturated heterocycles. The molecule has 1 aromatic rings. The van der Waals surface area contributed by atoms with Gasteiger partial charge in [0.2, 0.25) is 0 Å². The summed E-state index contributed by atoms with van der Waals surface area (Å²) in [6.45, 7) is 7.41. The lowest BCUT2D eigenvalue weighted by atomic mass is 9.94. The maximum Gasteiger partial charge on any atom is 0.149 e. The van der Waals surface area contributed by atoms with Gasteiger partial charge in [-0.15, -0.1) is 24.8 Å².